The fourth-order valence-corrected chi connectivity index (χ4v) is 7.00. The normalized spacial score (nSPS) is 11.5. The van der Waals surface area contributed by atoms with E-state index in [0.717, 1.165) is 10.9 Å². The lowest BCUT2D eigenvalue weighted by molar-refractivity contribution is 1.42. The van der Waals surface area contributed by atoms with Crippen LogP contribution in [-0.4, -0.2) is 4.98 Å². The third kappa shape index (κ3) is 4.45. The summed E-state index contributed by atoms with van der Waals surface area (Å²) in [4.78, 5) is 5.00. The van der Waals surface area contributed by atoms with Crippen LogP contribution in [0.4, 0.5) is 0 Å². The van der Waals surface area contributed by atoms with Crippen LogP contribution in [0, 0.1) is 0 Å². The van der Waals surface area contributed by atoms with Gasteiger partial charge in [0.15, 0.2) is 0 Å². The zero-order valence-electron chi connectivity index (χ0n) is 25.2. The molecule has 0 bridgehead atoms. The highest BCUT2D eigenvalue weighted by Gasteiger charge is 2.17. The van der Waals surface area contributed by atoms with Crippen LogP contribution in [0.3, 0.4) is 0 Å². The van der Waals surface area contributed by atoms with Crippen molar-refractivity contribution in [1.29, 1.82) is 0 Å². The van der Waals surface area contributed by atoms with Crippen LogP contribution in [0.2, 0.25) is 0 Å². The van der Waals surface area contributed by atoms with Crippen molar-refractivity contribution in [2.75, 3.05) is 0 Å². The fourth-order valence-electron chi connectivity index (χ4n) is 7.00. The average molecular weight is 584 g/mol. The van der Waals surface area contributed by atoms with Crippen LogP contribution in [0.15, 0.2) is 176 Å². The van der Waals surface area contributed by atoms with Gasteiger partial charge in [-0.05, 0) is 89.5 Å². The number of nitrogens with zero attached hydrogens (tertiary/aromatic N) is 1. The molecule has 0 aliphatic carbocycles. The number of rotatable bonds is 4. The second-order valence-corrected chi connectivity index (χ2v) is 12.0. The van der Waals surface area contributed by atoms with E-state index in [1.807, 2.05) is 6.20 Å². The summed E-state index contributed by atoms with van der Waals surface area (Å²) in [5.41, 5.74) is 10.6. The molecule has 1 nitrogen and oxygen atoms in total. The highest BCUT2D eigenvalue weighted by atomic mass is 14.7. The van der Waals surface area contributed by atoms with E-state index in [1.54, 1.807) is 0 Å². The number of benzene rings is 8. The largest absolute Gasteiger partial charge is 0.256 e. The molecule has 46 heavy (non-hydrogen) atoms. The molecule has 0 saturated heterocycles. The maximum Gasteiger partial charge on any atom is 0.0792 e. The standard InChI is InChI=1S/C45H29N/c1-3-10-36-28-38(25-19-30(36)8-1)32-15-21-34(22-16-32)43-40-12-5-6-13-41(40)44(45-42(43)14-7-27-46-45)35-23-17-33(18-24-35)39-26-20-31-9-2-4-11-37(31)29-39/h1-29H. The summed E-state index contributed by atoms with van der Waals surface area (Å²) < 4.78 is 0. The molecule has 9 rings (SSSR count). The minimum absolute atomic E-state index is 1.02. The maximum atomic E-state index is 5.00. The Bertz CT molecular complexity index is 2320. The smallest absolute Gasteiger partial charge is 0.0792 e. The molecule has 0 aliphatic heterocycles. The van der Waals surface area contributed by atoms with Crippen molar-refractivity contribution >= 4 is 43.2 Å². The van der Waals surface area contributed by atoms with E-state index in [2.05, 4.69) is 170 Å². The summed E-state index contributed by atoms with van der Waals surface area (Å²) >= 11 is 0. The number of aromatic nitrogens is 1. The van der Waals surface area contributed by atoms with Gasteiger partial charge in [0.25, 0.3) is 0 Å². The van der Waals surface area contributed by atoms with Gasteiger partial charge in [-0.3, -0.25) is 4.98 Å². The van der Waals surface area contributed by atoms with E-state index in [0.29, 0.717) is 0 Å². The number of pyridine rings is 1. The van der Waals surface area contributed by atoms with Gasteiger partial charge in [-0.1, -0.05) is 152 Å². The Balaban J connectivity index is 1.16. The topological polar surface area (TPSA) is 12.9 Å². The van der Waals surface area contributed by atoms with E-state index < -0.39 is 0 Å². The second-order valence-electron chi connectivity index (χ2n) is 12.0. The van der Waals surface area contributed by atoms with E-state index >= 15 is 0 Å². The van der Waals surface area contributed by atoms with Crippen molar-refractivity contribution < 1.29 is 0 Å². The summed E-state index contributed by atoms with van der Waals surface area (Å²) in [6.45, 7) is 0. The van der Waals surface area contributed by atoms with Crippen LogP contribution in [-0.2, 0) is 0 Å². The Morgan fingerprint density at radius 3 is 1.26 bits per heavy atom. The van der Waals surface area contributed by atoms with E-state index in [-0.39, 0.29) is 0 Å². The zero-order chi connectivity index (χ0) is 30.5. The van der Waals surface area contributed by atoms with Crippen LogP contribution in [0.25, 0.3) is 87.7 Å². The van der Waals surface area contributed by atoms with E-state index in [1.165, 1.54) is 76.8 Å². The number of hydrogen-bond donors (Lipinski definition) is 0. The summed E-state index contributed by atoms with van der Waals surface area (Å²) in [6, 6.07) is 61.5. The minimum Gasteiger partial charge on any atom is -0.256 e. The Kier molecular flexibility index (Phi) is 6.21. The molecule has 0 saturated carbocycles. The number of hydrogen-bond acceptors (Lipinski definition) is 1. The molecule has 1 heterocycles. The van der Waals surface area contributed by atoms with Crippen molar-refractivity contribution in [2.24, 2.45) is 0 Å². The first-order chi connectivity index (χ1) is 22.8. The molecule has 0 fully saturated rings. The van der Waals surface area contributed by atoms with Gasteiger partial charge in [0.1, 0.15) is 0 Å². The van der Waals surface area contributed by atoms with Crippen molar-refractivity contribution in [3.05, 3.63) is 176 Å². The molecular formula is C45H29N. The molecule has 9 aromatic rings. The van der Waals surface area contributed by atoms with Crippen LogP contribution in [0.1, 0.15) is 0 Å². The minimum atomic E-state index is 1.02. The predicted octanol–water partition coefficient (Wildman–Crippen LogP) is 12.4. The first-order valence-electron chi connectivity index (χ1n) is 15.8. The van der Waals surface area contributed by atoms with Crippen LogP contribution >= 0.6 is 0 Å². The van der Waals surface area contributed by atoms with Gasteiger partial charge < -0.3 is 0 Å². The SMILES string of the molecule is c1ccc2cc(-c3ccc(-c4c5ccccc5c(-c5ccc(-c6ccc7ccccc7c6)cc5)c5ncccc45)cc3)ccc2c1. The van der Waals surface area contributed by atoms with Gasteiger partial charge >= 0.3 is 0 Å². The number of fused-ring (bicyclic) bond motifs is 4. The summed E-state index contributed by atoms with van der Waals surface area (Å²) in [5.74, 6) is 0. The van der Waals surface area contributed by atoms with Crippen molar-refractivity contribution in [1.82, 2.24) is 4.98 Å². The van der Waals surface area contributed by atoms with Crippen LogP contribution < -0.4 is 0 Å². The lowest BCUT2D eigenvalue weighted by Gasteiger charge is -2.17. The van der Waals surface area contributed by atoms with Gasteiger partial charge in [0, 0.05) is 17.1 Å². The molecule has 0 radical (unpaired) electrons. The predicted molar refractivity (Wildman–Crippen MR) is 196 cm³/mol. The van der Waals surface area contributed by atoms with Gasteiger partial charge in [0.2, 0.25) is 0 Å². The summed E-state index contributed by atoms with van der Waals surface area (Å²) in [7, 11) is 0. The monoisotopic (exact) mass is 583 g/mol. The molecule has 0 amide bonds. The highest BCUT2D eigenvalue weighted by molar-refractivity contribution is 6.20. The second kappa shape index (κ2) is 10.8. The van der Waals surface area contributed by atoms with Crippen molar-refractivity contribution in [3.63, 3.8) is 0 Å². The molecule has 0 N–H and O–H groups in total. The fraction of sp³-hybridized carbons (Fsp3) is 0. The van der Waals surface area contributed by atoms with Gasteiger partial charge in [-0.2, -0.15) is 0 Å². The quantitative estimate of drug-likeness (QED) is 0.188. The molecular weight excluding hydrogens is 555 g/mol. The molecule has 1 aromatic heterocycles. The molecule has 0 unspecified atom stereocenters. The molecule has 8 aromatic carbocycles. The van der Waals surface area contributed by atoms with Crippen molar-refractivity contribution in [3.8, 4) is 44.5 Å². The summed E-state index contributed by atoms with van der Waals surface area (Å²) in [5, 5.41) is 8.63. The molecule has 214 valence electrons. The summed E-state index contributed by atoms with van der Waals surface area (Å²) in [6.07, 6.45) is 1.91. The van der Waals surface area contributed by atoms with Crippen LogP contribution in [0.5, 0.6) is 0 Å². The van der Waals surface area contributed by atoms with Gasteiger partial charge in [-0.25, -0.2) is 0 Å². The Hall–Kier alpha value is -6.05. The van der Waals surface area contributed by atoms with E-state index in [9.17, 15) is 0 Å². The molecule has 0 spiro atoms. The molecule has 1 heteroatoms. The van der Waals surface area contributed by atoms with Gasteiger partial charge in [0.05, 0.1) is 5.52 Å². The third-order valence-corrected chi connectivity index (χ3v) is 9.29. The Morgan fingerprint density at radius 2 is 0.696 bits per heavy atom. The van der Waals surface area contributed by atoms with E-state index in [4.69, 9.17) is 4.98 Å². The molecule has 0 aliphatic rings. The maximum absolute atomic E-state index is 5.00. The Labute approximate surface area is 268 Å². The first-order valence-corrected chi connectivity index (χ1v) is 15.8. The lowest BCUT2D eigenvalue weighted by Crippen LogP contribution is -1.92. The lowest BCUT2D eigenvalue weighted by atomic mass is 9.87. The molecule has 0 atom stereocenters. The average Bonchev–Trinajstić information content (AvgIpc) is 3.13. The zero-order valence-corrected chi connectivity index (χ0v) is 25.2. The highest BCUT2D eigenvalue weighted by Crippen LogP contribution is 2.43. The Morgan fingerprint density at radius 1 is 0.283 bits per heavy atom. The third-order valence-electron chi connectivity index (χ3n) is 9.29. The van der Waals surface area contributed by atoms with Crippen molar-refractivity contribution in [2.45, 2.75) is 0 Å². The first kappa shape index (κ1) is 26.4. The van der Waals surface area contributed by atoms with Gasteiger partial charge in [-0.15, -0.1) is 0 Å².